The second-order valence-electron chi connectivity index (χ2n) is 8.99. The molecule has 34 heavy (non-hydrogen) atoms. The molecule has 0 radical (unpaired) electrons. The summed E-state index contributed by atoms with van der Waals surface area (Å²) >= 11 is 1.62. The Bertz CT molecular complexity index is 1310. The van der Waals surface area contributed by atoms with Crippen molar-refractivity contribution in [1.82, 2.24) is 25.0 Å². The maximum Gasteiger partial charge on any atom is 0.312 e. The average Bonchev–Trinajstić information content (AvgIpc) is 3.17. The van der Waals surface area contributed by atoms with Crippen LogP contribution in [0.25, 0.3) is 22.6 Å². The number of para-hydroxylation sites is 2. The van der Waals surface area contributed by atoms with Crippen molar-refractivity contribution in [3.05, 3.63) is 71.7 Å². The van der Waals surface area contributed by atoms with Gasteiger partial charge in [-0.05, 0) is 35.6 Å². The first kappa shape index (κ1) is 23.9. The van der Waals surface area contributed by atoms with Gasteiger partial charge in [0.1, 0.15) is 5.69 Å². The Balaban J connectivity index is 1.68. The van der Waals surface area contributed by atoms with Gasteiger partial charge in [0.2, 0.25) is 5.82 Å². The molecule has 1 amide bonds. The Morgan fingerprint density at radius 3 is 2.50 bits per heavy atom. The first-order chi connectivity index (χ1) is 16.3. The minimum atomic E-state index is -0.490. The molecule has 0 unspecified atom stereocenters. The molecule has 176 valence electrons. The van der Waals surface area contributed by atoms with Gasteiger partial charge in [-0.1, -0.05) is 57.2 Å². The Morgan fingerprint density at radius 2 is 1.82 bits per heavy atom. The van der Waals surface area contributed by atoms with Crippen LogP contribution in [0, 0.1) is 0 Å². The highest BCUT2D eigenvalue weighted by Crippen LogP contribution is 2.33. The van der Waals surface area contributed by atoms with Crippen LogP contribution in [0.4, 0.5) is 0 Å². The van der Waals surface area contributed by atoms with Crippen LogP contribution in [0.2, 0.25) is 0 Å². The molecule has 0 aliphatic heterocycles. The number of benzene rings is 2. The van der Waals surface area contributed by atoms with Crippen LogP contribution < -0.4 is 5.48 Å². The second kappa shape index (κ2) is 9.95. The van der Waals surface area contributed by atoms with E-state index in [-0.39, 0.29) is 11.2 Å². The van der Waals surface area contributed by atoms with Crippen molar-refractivity contribution in [3.63, 3.8) is 0 Å². The summed E-state index contributed by atoms with van der Waals surface area (Å²) in [7, 11) is 1.95. The molecule has 0 bridgehead atoms. The molecule has 2 aromatic carbocycles. The molecule has 0 aliphatic carbocycles. The van der Waals surface area contributed by atoms with Gasteiger partial charge in [0.05, 0.1) is 22.5 Å². The van der Waals surface area contributed by atoms with Gasteiger partial charge in [0.25, 0.3) is 0 Å². The lowest BCUT2D eigenvalue weighted by atomic mass is 9.87. The predicted octanol–water partition coefficient (Wildman–Crippen LogP) is 5.30. The fourth-order valence-electron chi connectivity index (χ4n) is 3.55. The molecule has 8 heteroatoms. The highest BCUT2D eigenvalue weighted by atomic mass is 32.2. The quantitative estimate of drug-likeness (QED) is 0.288. The topological polar surface area (TPSA) is 81.9 Å². The summed E-state index contributed by atoms with van der Waals surface area (Å²) in [5.74, 6) is 0.972. The van der Waals surface area contributed by atoms with E-state index in [1.807, 2.05) is 35.9 Å². The number of hydrogen-bond donors (Lipinski definition) is 1. The number of rotatable bonds is 7. The van der Waals surface area contributed by atoms with Crippen molar-refractivity contribution in [2.45, 2.75) is 43.8 Å². The number of carbonyl (C=O) groups excluding carboxylic acids is 1. The van der Waals surface area contributed by atoms with Crippen molar-refractivity contribution in [2.75, 3.05) is 6.61 Å². The van der Waals surface area contributed by atoms with Crippen LogP contribution in [0.5, 0.6) is 0 Å². The molecule has 0 spiro atoms. The molecule has 0 atom stereocenters. The van der Waals surface area contributed by atoms with E-state index in [1.54, 1.807) is 24.9 Å². The molecular formula is C26H29N5O2S. The van der Waals surface area contributed by atoms with E-state index in [4.69, 9.17) is 9.82 Å². The lowest BCUT2D eigenvalue weighted by Crippen LogP contribution is -2.26. The number of imidazole rings is 1. The summed E-state index contributed by atoms with van der Waals surface area (Å²) in [5, 5.41) is 0. The third-order valence-electron chi connectivity index (χ3n) is 5.48. The van der Waals surface area contributed by atoms with E-state index in [0.29, 0.717) is 18.1 Å². The lowest BCUT2D eigenvalue weighted by Gasteiger charge is -2.19. The third-order valence-corrected chi connectivity index (χ3v) is 6.57. The Labute approximate surface area is 203 Å². The number of thioether (sulfide) groups is 1. The highest BCUT2D eigenvalue weighted by Gasteiger charge is 2.20. The van der Waals surface area contributed by atoms with Gasteiger partial charge in [-0.25, -0.2) is 20.4 Å². The zero-order valence-electron chi connectivity index (χ0n) is 20.1. The van der Waals surface area contributed by atoms with Crippen LogP contribution >= 0.6 is 11.8 Å². The largest absolute Gasteiger partial charge is 0.326 e. The van der Waals surface area contributed by atoms with Gasteiger partial charge >= 0.3 is 5.91 Å². The van der Waals surface area contributed by atoms with Crippen LogP contribution in [-0.2, 0) is 23.1 Å². The van der Waals surface area contributed by atoms with Gasteiger partial charge in [-0.2, -0.15) is 0 Å². The molecule has 0 fully saturated rings. The summed E-state index contributed by atoms with van der Waals surface area (Å²) < 4.78 is 1.99. The van der Waals surface area contributed by atoms with E-state index < -0.39 is 5.91 Å². The lowest BCUT2D eigenvalue weighted by molar-refractivity contribution is 0.0355. The summed E-state index contributed by atoms with van der Waals surface area (Å²) in [5.41, 5.74) is 7.46. The first-order valence-electron chi connectivity index (χ1n) is 11.2. The van der Waals surface area contributed by atoms with Crippen molar-refractivity contribution < 1.29 is 9.63 Å². The van der Waals surface area contributed by atoms with Crippen molar-refractivity contribution in [1.29, 1.82) is 0 Å². The van der Waals surface area contributed by atoms with Crippen molar-refractivity contribution >= 4 is 28.7 Å². The van der Waals surface area contributed by atoms with Crippen LogP contribution in [0.3, 0.4) is 0 Å². The molecule has 0 aliphatic rings. The van der Waals surface area contributed by atoms with E-state index >= 15 is 0 Å². The number of fused-ring (bicyclic) bond motifs is 1. The van der Waals surface area contributed by atoms with E-state index in [1.165, 1.54) is 11.1 Å². The number of hydroxylamine groups is 1. The number of nitrogens with zero attached hydrogens (tertiary/aromatic N) is 4. The van der Waals surface area contributed by atoms with Crippen LogP contribution in [0.15, 0.2) is 59.6 Å². The third kappa shape index (κ3) is 5.13. The van der Waals surface area contributed by atoms with Gasteiger partial charge in [-0.3, -0.25) is 9.63 Å². The monoisotopic (exact) mass is 475 g/mol. The summed E-state index contributed by atoms with van der Waals surface area (Å²) in [6.07, 6.45) is 1.69. The number of nitrogens with one attached hydrogen (secondary N) is 1. The minimum absolute atomic E-state index is 0.0365. The molecular weight excluding hydrogens is 446 g/mol. The Kier molecular flexibility index (Phi) is 7.00. The zero-order chi connectivity index (χ0) is 24.3. The first-order valence-corrected chi connectivity index (χ1v) is 12.2. The fourth-order valence-corrected chi connectivity index (χ4v) is 4.46. The number of aryl methyl sites for hydroxylation is 1. The zero-order valence-corrected chi connectivity index (χ0v) is 20.9. The molecule has 0 saturated carbocycles. The van der Waals surface area contributed by atoms with E-state index in [0.717, 1.165) is 21.7 Å². The van der Waals surface area contributed by atoms with Crippen molar-refractivity contribution in [2.24, 2.45) is 7.05 Å². The summed E-state index contributed by atoms with van der Waals surface area (Å²) in [6.45, 7) is 8.77. The van der Waals surface area contributed by atoms with Gasteiger partial charge in [-0.15, -0.1) is 11.8 Å². The average molecular weight is 476 g/mol. The molecule has 2 heterocycles. The Morgan fingerprint density at radius 1 is 1.09 bits per heavy atom. The van der Waals surface area contributed by atoms with Gasteiger partial charge in [0, 0.05) is 19.0 Å². The smallest absolute Gasteiger partial charge is 0.312 e. The van der Waals surface area contributed by atoms with Gasteiger partial charge < -0.3 is 4.57 Å². The number of amides is 1. The molecule has 7 nitrogen and oxygen atoms in total. The maximum absolute atomic E-state index is 12.5. The minimum Gasteiger partial charge on any atom is -0.326 e. The maximum atomic E-state index is 12.5. The fraction of sp³-hybridized carbons (Fsp3) is 0.308. The molecule has 2 aromatic heterocycles. The normalized spacial score (nSPS) is 11.7. The number of carbonyl (C=O) groups is 1. The second-order valence-corrected chi connectivity index (χ2v) is 10.0. The van der Waals surface area contributed by atoms with Crippen molar-refractivity contribution in [3.8, 4) is 11.5 Å². The molecule has 0 saturated heterocycles. The summed E-state index contributed by atoms with van der Waals surface area (Å²) in [6, 6.07) is 16.6. The molecule has 4 aromatic rings. The Hall–Kier alpha value is -3.23. The van der Waals surface area contributed by atoms with E-state index in [9.17, 15) is 4.79 Å². The highest BCUT2D eigenvalue weighted by molar-refractivity contribution is 7.98. The van der Waals surface area contributed by atoms with E-state index in [2.05, 4.69) is 60.5 Å². The molecule has 4 rings (SSSR count). The van der Waals surface area contributed by atoms with Crippen LogP contribution in [-0.4, -0.2) is 32.0 Å². The van der Waals surface area contributed by atoms with Gasteiger partial charge in [0.15, 0.2) is 5.82 Å². The number of aromatic nitrogens is 4. The molecule has 1 N–H and O–H groups in total. The standard InChI is InChI=1S/C26H29N5O2S/c1-6-33-30-25(32)23-27-15-21(34-16-17-11-13-18(14-12-17)26(2,3)4)22(29-23)24-28-19-9-7-8-10-20(19)31(24)5/h7-15H,6,16H2,1-5H3,(H,30,32). The SMILES string of the molecule is CCONC(=O)c1ncc(SCc2ccc(C(C)(C)C)cc2)c(-c2nc3ccccc3n2C)n1. The summed E-state index contributed by atoms with van der Waals surface area (Å²) in [4.78, 5) is 32.0. The van der Waals surface area contributed by atoms with Crippen LogP contribution in [0.1, 0.15) is 49.4 Å². The predicted molar refractivity (Wildman–Crippen MR) is 136 cm³/mol. The number of hydrogen-bond acceptors (Lipinski definition) is 6.